The number of nitrogens with one attached hydrogen (secondary N) is 1. The van der Waals surface area contributed by atoms with Crippen LogP contribution in [-0.4, -0.2) is 16.3 Å². The van der Waals surface area contributed by atoms with E-state index >= 15 is 0 Å². The lowest BCUT2D eigenvalue weighted by atomic mass is 10.1. The van der Waals surface area contributed by atoms with Crippen LogP contribution < -0.4 is 5.32 Å². The van der Waals surface area contributed by atoms with Crippen molar-refractivity contribution in [1.82, 2.24) is 15.1 Å². The average molecular weight is 279 g/mol. The largest absolute Gasteiger partial charge is 0.312 e. The molecule has 0 aliphatic carbocycles. The second-order valence-corrected chi connectivity index (χ2v) is 6.26. The standard InChI is InChI=1S/C17H33N3/c1-4-5-6-7-8-9-10-11-20-15-17(14-19-20)13-18-12-16(2)3/h14-16,18H,4-13H2,1-3H3. The number of nitrogens with zero attached hydrogens (tertiary/aromatic N) is 2. The maximum Gasteiger partial charge on any atom is 0.0534 e. The van der Waals surface area contributed by atoms with Crippen molar-refractivity contribution in [2.45, 2.75) is 78.8 Å². The SMILES string of the molecule is CCCCCCCCCn1cc(CNCC(C)C)cn1. The molecule has 0 aromatic carbocycles. The van der Waals surface area contributed by atoms with E-state index in [1.54, 1.807) is 0 Å². The highest BCUT2D eigenvalue weighted by molar-refractivity contribution is 5.03. The van der Waals surface area contributed by atoms with E-state index in [9.17, 15) is 0 Å². The fraction of sp³-hybridized carbons (Fsp3) is 0.824. The molecule has 3 heteroatoms. The van der Waals surface area contributed by atoms with E-state index in [0.717, 1.165) is 19.6 Å². The Morgan fingerprint density at radius 2 is 1.80 bits per heavy atom. The Morgan fingerprint density at radius 3 is 2.50 bits per heavy atom. The van der Waals surface area contributed by atoms with Gasteiger partial charge in [0, 0.05) is 24.8 Å². The van der Waals surface area contributed by atoms with Crippen LogP contribution in [0.15, 0.2) is 12.4 Å². The minimum absolute atomic E-state index is 0.706. The predicted molar refractivity (Wildman–Crippen MR) is 86.8 cm³/mol. The summed E-state index contributed by atoms with van der Waals surface area (Å²) in [6, 6.07) is 0. The number of unbranched alkanes of at least 4 members (excludes halogenated alkanes) is 6. The average Bonchev–Trinajstić information content (AvgIpc) is 2.85. The Balaban J connectivity index is 2.05. The Bertz CT molecular complexity index is 331. The van der Waals surface area contributed by atoms with E-state index in [-0.39, 0.29) is 0 Å². The third-order valence-electron chi connectivity index (χ3n) is 3.56. The molecule has 0 unspecified atom stereocenters. The van der Waals surface area contributed by atoms with Gasteiger partial charge in [0.25, 0.3) is 0 Å². The topological polar surface area (TPSA) is 29.9 Å². The summed E-state index contributed by atoms with van der Waals surface area (Å²) in [5.41, 5.74) is 1.30. The van der Waals surface area contributed by atoms with Crippen LogP contribution in [0.3, 0.4) is 0 Å². The quantitative estimate of drug-likeness (QED) is 0.575. The third-order valence-corrected chi connectivity index (χ3v) is 3.56. The summed E-state index contributed by atoms with van der Waals surface area (Å²) in [6.45, 7) is 9.81. The summed E-state index contributed by atoms with van der Waals surface area (Å²) in [7, 11) is 0. The molecule has 0 radical (unpaired) electrons. The summed E-state index contributed by atoms with van der Waals surface area (Å²) in [4.78, 5) is 0. The molecule has 0 saturated heterocycles. The van der Waals surface area contributed by atoms with Gasteiger partial charge in [-0.3, -0.25) is 4.68 Å². The van der Waals surface area contributed by atoms with Crippen molar-refractivity contribution in [2.75, 3.05) is 6.54 Å². The van der Waals surface area contributed by atoms with Crippen molar-refractivity contribution in [1.29, 1.82) is 0 Å². The minimum Gasteiger partial charge on any atom is -0.312 e. The van der Waals surface area contributed by atoms with Crippen molar-refractivity contribution in [2.24, 2.45) is 5.92 Å². The number of hydrogen-bond donors (Lipinski definition) is 1. The second-order valence-electron chi connectivity index (χ2n) is 6.26. The van der Waals surface area contributed by atoms with Gasteiger partial charge in [-0.1, -0.05) is 59.3 Å². The lowest BCUT2D eigenvalue weighted by molar-refractivity contribution is 0.522. The van der Waals surface area contributed by atoms with E-state index in [2.05, 4.69) is 42.1 Å². The first-order chi connectivity index (χ1) is 9.72. The Labute approximate surface area is 125 Å². The monoisotopic (exact) mass is 279 g/mol. The summed E-state index contributed by atoms with van der Waals surface area (Å²) >= 11 is 0. The smallest absolute Gasteiger partial charge is 0.0534 e. The van der Waals surface area contributed by atoms with Crippen molar-refractivity contribution in [3.05, 3.63) is 18.0 Å². The van der Waals surface area contributed by atoms with Gasteiger partial charge in [0.15, 0.2) is 0 Å². The van der Waals surface area contributed by atoms with E-state index in [4.69, 9.17) is 0 Å². The maximum absolute atomic E-state index is 4.44. The van der Waals surface area contributed by atoms with Gasteiger partial charge < -0.3 is 5.32 Å². The van der Waals surface area contributed by atoms with Gasteiger partial charge >= 0.3 is 0 Å². The van der Waals surface area contributed by atoms with E-state index < -0.39 is 0 Å². The fourth-order valence-corrected chi connectivity index (χ4v) is 2.36. The van der Waals surface area contributed by atoms with Crippen LogP contribution in [0.2, 0.25) is 0 Å². The Morgan fingerprint density at radius 1 is 1.10 bits per heavy atom. The normalized spacial score (nSPS) is 11.4. The van der Waals surface area contributed by atoms with Crippen molar-refractivity contribution >= 4 is 0 Å². The van der Waals surface area contributed by atoms with Crippen molar-refractivity contribution in [3.8, 4) is 0 Å². The Hall–Kier alpha value is -0.830. The lowest BCUT2D eigenvalue weighted by Crippen LogP contribution is -2.18. The molecule has 0 amide bonds. The number of rotatable bonds is 12. The van der Waals surface area contributed by atoms with Crippen LogP contribution >= 0.6 is 0 Å². The van der Waals surface area contributed by atoms with Gasteiger partial charge in [-0.05, 0) is 18.9 Å². The van der Waals surface area contributed by atoms with Gasteiger partial charge in [0.05, 0.1) is 6.20 Å². The number of aryl methyl sites for hydroxylation is 1. The molecule has 3 nitrogen and oxygen atoms in total. The predicted octanol–water partition coefficient (Wildman–Crippen LogP) is 4.38. The molecule has 1 N–H and O–H groups in total. The fourth-order valence-electron chi connectivity index (χ4n) is 2.36. The molecule has 1 heterocycles. The first-order valence-corrected chi connectivity index (χ1v) is 8.44. The molecular weight excluding hydrogens is 246 g/mol. The molecule has 0 fully saturated rings. The zero-order chi connectivity index (χ0) is 14.6. The Kier molecular flexibility index (Phi) is 9.38. The molecule has 20 heavy (non-hydrogen) atoms. The third kappa shape index (κ3) is 8.36. The summed E-state index contributed by atoms with van der Waals surface area (Å²) in [5.74, 6) is 0.706. The molecule has 0 bridgehead atoms. The molecule has 0 aliphatic heterocycles. The zero-order valence-corrected chi connectivity index (χ0v) is 13.7. The van der Waals surface area contributed by atoms with Gasteiger partial charge in [-0.25, -0.2) is 0 Å². The van der Waals surface area contributed by atoms with Crippen LogP contribution in [-0.2, 0) is 13.1 Å². The molecule has 1 rings (SSSR count). The lowest BCUT2D eigenvalue weighted by Gasteiger charge is -2.05. The first kappa shape index (κ1) is 17.2. The molecule has 1 aromatic rings. The van der Waals surface area contributed by atoms with Crippen molar-refractivity contribution in [3.63, 3.8) is 0 Å². The van der Waals surface area contributed by atoms with Crippen molar-refractivity contribution < 1.29 is 0 Å². The van der Waals surface area contributed by atoms with Crippen LogP contribution in [0.4, 0.5) is 0 Å². The highest BCUT2D eigenvalue weighted by Crippen LogP contribution is 2.08. The summed E-state index contributed by atoms with van der Waals surface area (Å²) in [6.07, 6.45) is 13.7. The molecule has 1 aromatic heterocycles. The molecule has 0 saturated carbocycles. The number of hydrogen-bond acceptors (Lipinski definition) is 2. The molecule has 0 atom stereocenters. The maximum atomic E-state index is 4.44. The van der Waals surface area contributed by atoms with Gasteiger partial charge in [-0.2, -0.15) is 5.10 Å². The summed E-state index contributed by atoms with van der Waals surface area (Å²) < 4.78 is 2.10. The second kappa shape index (κ2) is 10.9. The molecular formula is C17H33N3. The summed E-state index contributed by atoms with van der Waals surface area (Å²) in [5, 5.41) is 7.89. The highest BCUT2D eigenvalue weighted by atomic mass is 15.3. The van der Waals surface area contributed by atoms with Crippen LogP contribution in [0.5, 0.6) is 0 Å². The van der Waals surface area contributed by atoms with E-state index in [1.807, 2.05) is 6.20 Å². The molecule has 116 valence electrons. The molecule has 0 aliphatic rings. The van der Waals surface area contributed by atoms with Crippen LogP contribution in [0.25, 0.3) is 0 Å². The highest BCUT2D eigenvalue weighted by Gasteiger charge is 1.99. The van der Waals surface area contributed by atoms with Gasteiger partial charge in [0.2, 0.25) is 0 Å². The zero-order valence-electron chi connectivity index (χ0n) is 13.7. The minimum atomic E-state index is 0.706. The van der Waals surface area contributed by atoms with Crippen LogP contribution in [0, 0.1) is 5.92 Å². The number of aromatic nitrogens is 2. The van der Waals surface area contributed by atoms with E-state index in [1.165, 1.54) is 50.5 Å². The van der Waals surface area contributed by atoms with E-state index in [0.29, 0.717) is 5.92 Å². The molecule has 0 spiro atoms. The van der Waals surface area contributed by atoms with Gasteiger partial charge in [0.1, 0.15) is 0 Å². The first-order valence-electron chi connectivity index (χ1n) is 8.44. The van der Waals surface area contributed by atoms with Gasteiger partial charge in [-0.15, -0.1) is 0 Å². The van der Waals surface area contributed by atoms with Crippen LogP contribution in [0.1, 0.15) is 71.3 Å².